The fourth-order valence-corrected chi connectivity index (χ4v) is 2.38. The van der Waals surface area contributed by atoms with Gasteiger partial charge in [0.1, 0.15) is 17.6 Å². The Hall–Kier alpha value is -2.11. The number of halogens is 1. The molecule has 1 aromatic carbocycles. The molecule has 2 rings (SSSR count). The molecule has 2 amide bonds. The van der Waals surface area contributed by atoms with Crippen LogP contribution in [0.2, 0.25) is 0 Å². The van der Waals surface area contributed by atoms with Gasteiger partial charge >= 0.3 is 0 Å². The lowest BCUT2D eigenvalue weighted by Gasteiger charge is -2.31. The summed E-state index contributed by atoms with van der Waals surface area (Å²) in [5, 5.41) is 2.68. The van der Waals surface area contributed by atoms with E-state index in [1.807, 2.05) is 0 Å². The molecule has 0 saturated carbocycles. The number of amides is 2. The Bertz CT molecular complexity index is 548. The van der Waals surface area contributed by atoms with E-state index in [4.69, 9.17) is 4.74 Å². The maximum atomic E-state index is 13.1. The summed E-state index contributed by atoms with van der Waals surface area (Å²) in [5.74, 6) is -0.505. The second-order valence-corrected chi connectivity index (χ2v) is 5.05. The van der Waals surface area contributed by atoms with Gasteiger partial charge in [0.05, 0.1) is 12.8 Å². The van der Waals surface area contributed by atoms with E-state index in [0.717, 1.165) is 12.8 Å². The topological polar surface area (TPSA) is 58.6 Å². The van der Waals surface area contributed by atoms with Crippen LogP contribution in [-0.2, 0) is 9.59 Å². The van der Waals surface area contributed by atoms with Crippen molar-refractivity contribution in [2.75, 3.05) is 19.0 Å². The zero-order chi connectivity index (χ0) is 15.4. The number of ether oxygens (including phenoxy) is 1. The molecule has 5 nitrogen and oxygen atoms in total. The average Bonchev–Trinajstić information content (AvgIpc) is 2.48. The van der Waals surface area contributed by atoms with E-state index in [2.05, 4.69) is 5.32 Å². The first-order valence-electron chi connectivity index (χ1n) is 6.97. The Balaban J connectivity index is 2.08. The Morgan fingerprint density at radius 3 is 2.86 bits per heavy atom. The van der Waals surface area contributed by atoms with Gasteiger partial charge < -0.3 is 15.0 Å². The van der Waals surface area contributed by atoms with Crippen LogP contribution in [0, 0.1) is 5.82 Å². The molecule has 0 spiro atoms. The maximum absolute atomic E-state index is 13.1. The highest BCUT2D eigenvalue weighted by Crippen LogP contribution is 2.25. The summed E-state index contributed by atoms with van der Waals surface area (Å²) in [7, 11) is 1.40. The number of benzene rings is 1. The van der Waals surface area contributed by atoms with Crippen molar-refractivity contribution in [1.29, 1.82) is 0 Å². The first kappa shape index (κ1) is 15.3. The first-order valence-corrected chi connectivity index (χ1v) is 6.97. The SMILES string of the molecule is COc1cc(F)ccc1NC(=O)[C@H](C)N1CCCCC1=O. The number of nitrogens with zero attached hydrogens (tertiary/aromatic N) is 1. The Labute approximate surface area is 123 Å². The number of hydrogen-bond acceptors (Lipinski definition) is 3. The highest BCUT2D eigenvalue weighted by Gasteiger charge is 2.28. The lowest BCUT2D eigenvalue weighted by atomic mass is 10.1. The number of anilines is 1. The van der Waals surface area contributed by atoms with Crippen molar-refractivity contribution in [2.24, 2.45) is 0 Å². The molecule has 0 aromatic heterocycles. The van der Waals surface area contributed by atoms with Crippen molar-refractivity contribution in [1.82, 2.24) is 4.90 Å². The predicted octanol–water partition coefficient (Wildman–Crippen LogP) is 2.17. The molecule has 0 bridgehead atoms. The molecule has 1 aliphatic rings. The third-order valence-electron chi connectivity index (χ3n) is 3.63. The third-order valence-corrected chi connectivity index (χ3v) is 3.63. The van der Waals surface area contributed by atoms with Gasteiger partial charge in [-0.2, -0.15) is 0 Å². The largest absolute Gasteiger partial charge is 0.494 e. The Morgan fingerprint density at radius 2 is 2.19 bits per heavy atom. The molecule has 1 aliphatic heterocycles. The van der Waals surface area contributed by atoms with Crippen molar-refractivity contribution in [2.45, 2.75) is 32.2 Å². The second kappa shape index (κ2) is 6.56. The van der Waals surface area contributed by atoms with E-state index in [-0.39, 0.29) is 17.6 Å². The van der Waals surface area contributed by atoms with Crippen LogP contribution in [0.5, 0.6) is 5.75 Å². The van der Waals surface area contributed by atoms with Gasteiger partial charge in [-0.25, -0.2) is 4.39 Å². The van der Waals surface area contributed by atoms with Crippen LogP contribution < -0.4 is 10.1 Å². The van der Waals surface area contributed by atoms with Crippen molar-refractivity contribution in [3.8, 4) is 5.75 Å². The Morgan fingerprint density at radius 1 is 1.43 bits per heavy atom. The van der Waals surface area contributed by atoms with Crippen LogP contribution in [0.1, 0.15) is 26.2 Å². The summed E-state index contributed by atoms with van der Waals surface area (Å²) < 4.78 is 18.2. The second-order valence-electron chi connectivity index (χ2n) is 5.05. The zero-order valence-corrected chi connectivity index (χ0v) is 12.2. The molecule has 114 valence electrons. The minimum atomic E-state index is -0.562. The number of hydrogen-bond donors (Lipinski definition) is 1. The first-order chi connectivity index (χ1) is 10.0. The molecular weight excluding hydrogens is 275 g/mol. The third kappa shape index (κ3) is 3.51. The number of methoxy groups -OCH3 is 1. The van der Waals surface area contributed by atoms with E-state index in [9.17, 15) is 14.0 Å². The van der Waals surface area contributed by atoms with E-state index >= 15 is 0 Å². The van der Waals surface area contributed by atoms with Gasteiger partial charge in [-0.1, -0.05) is 0 Å². The molecular formula is C15H19FN2O3. The van der Waals surface area contributed by atoms with Gasteiger partial charge in [-0.3, -0.25) is 9.59 Å². The number of carbonyl (C=O) groups excluding carboxylic acids is 2. The molecule has 1 N–H and O–H groups in total. The highest BCUT2D eigenvalue weighted by atomic mass is 19.1. The number of piperidine rings is 1. The lowest BCUT2D eigenvalue weighted by Crippen LogP contribution is -2.47. The van der Waals surface area contributed by atoms with Crippen LogP contribution in [0.15, 0.2) is 18.2 Å². The van der Waals surface area contributed by atoms with Crippen molar-refractivity contribution in [3.63, 3.8) is 0 Å². The van der Waals surface area contributed by atoms with Crippen molar-refractivity contribution >= 4 is 17.5 Å². The summed E-state index contributed by atoms with van der Waals surface area (Å²) in [6.45, 7) is 2.28. The fourth-order valence-electron chi connectivity index (χ4n) is 2.38. The van der Waals surface area contributed by atoms with Crippen LogP contribution in [0.3, 0.4) is 0 Å². The molecule has 1 aromatic rings. The van der Waals surface area contributed by atoms with Gasteiger partial charge in [-0.15, -0.1) is 0 Å². The van der Waals surface area contributed by atoms with Gasteiger partial charge in [-0.05, 0) is 31.9 Å². The smallest absolute Gasteiger partial charge is 0.246 e. The minimum absolute atomic E-state index is 0.00466. The molecule has 0 aliphatic carbocycles. The van der Waals surface area contributed by atoms with Crippen LogP contribution >= 0.6 is 0 Å². The maximum Gasteiger partial charge on any atom is 0.246 e. The quantitative estimate of drug-likeness (QED) is 0.926. The minimum Gasteiger partial charge on any atom is -0.494 e. The molecule has 0 unspecified atom stereocenters. The highest BCUT2D eigenvalue weighted by molar-refractivity contribution is 5.98. The lowest BCUT2D eigenvalue weighted by molar-refractivity contribution is -0.140. The predicted molar refractivity (Wildman–Crippen MR) is 76.6 cm³/mol. The number of likely N-dealkylation sites (tertiary alicyclic amines) is 1. The van der Waals surface area contributed by atoms with Gasteiger partial charge in [0.15, 0.2) is 0 Å². The normalized spacial score (nSPS) is 16.5. The van der Waals surface area contributed by atoms with Crippen LogP contribution in [-0.4, -0.2) is 36.4 Å². The van der Waals surface area contributed by atoms with Crippen LogP contribution in [0.25, 0.3) is 0 Å². The van der Waals surface area contributed by atoms with Gasteiger partial charge in [0, 0.05) is 19.0 Å². The standard InChI is InChI=1S/C15H19FN2O3/c1-10(18-8-4-3-5-14(18)19)15(20)17-12-7-6-11(16)9-13(12)21-2/h6-7,9-10H,3-5,8H2,1-2H3,(H,17,20)/t10-/m0/s1. The van der Waals surface area contributed by atoms with Crippen molar-refractivity contribution in [3.05, 3.63) is 24.0 Å². The summed E-state index contributed by atoms with van der Waals surface area (Å²) in [4.78, 5) is 25.7. The molecule has 1 fully saturated rings. The van der Waals surface area contributed by atoms with Crippen LogP contribution in [0.4, 0.5) is 10.1 Å². The monoisotopic (exact) mass is 294 g/mol. The molecule has 1 saturated heterocycles. The summed E-state index contributed by atoms with van der Waals surface area (Å²) in [5.41, 5.74) is 0.389. The summed E-state index contributed by atoms with van der Waals surface area (Å²) in [6.07, 6.45) is 2.26. The van der Waals surface area contributed by atoms with E-state index in [1.165, 1.54) is 25.3 Å². The average molecular weight is 294 g/mol. The molecule has 21 heavy (non-hydrogen) atoms. The summed E-state index contributed by atoms with van der Waals surface area (Å²) in [6, 6.07) is 3.32. The number of nitrogens with one attached hydrogen (secondary N) is 1. The van der Waals surface area contributed by atoms with Gasteiger partial charge in [0.2, 0.25) is 11.8 Å². The summed E-state index contributed by atoms with van der Waals surface area (Å²) >= 11 is 0. The zero-order valence-electron chi connectivity index (χ0n) is 12.2. The number of carbonyl (C=O) groups is 2. The molecule has 1 heterocycles. The molecule has 6 heteroatoms. The Kier molecular flexibility index (Phi) is 4.77. The molecule has 0 radical (unpaired) electrons. The van der Waals surface area contributed by atoms with E-state index in [1.54, 1.807) is 11.8 Å². The fraction of sp³-hybridized carbons (Fsp3) is 0.467. The van der Waals surface area contributed by atoms with Gasteiger partial charge in [0.25, 0.3) is 0 Å². The number of rotatable bonds is 4. The molecule has 1 atom stereocenters. The van der Waals surface area contributed by atoms with E-state index < -0.39 is 11.9 Å². The van der Waals surface area contributed by atoms with Crippen molar-refractivity contribution < 1.29 is 18.7 Å². The van der Waals surface area contributed by atoms with E-state index in [0.29, 0.717) is 18.7 Å².